The molecule has 0 spiro atoms. The summed E-state index contributed by atoms with van der Waals surface area (Å²) in [5.74, 6) is 0.130. The van der Waals surface area contributed by atoms with E-state index in [0.29, 0.717) is 16.9 Å². The summed E-state index contributed by atoms with van der Waals surface area (Å²) in [5, 5.41) is 7.71. The fourth-order valence-corrected chi connectivity index (χ4v) is 6.46. The van der Waals surface area contributed by atoms with Crippen molar-refractivity contribution < 1.29 is 13.2 Å². The Kier molecular flexibility index (Phi) is 8.34. The SMILES string of the molecule is Cc1cccc(-n2nc(C(C)(C)C)cc2NC(=O)CN(CC(C)C)S(=O)(=O)c2c(C)cc(C)cc2C)c1. The van der Waals surface area contributed by atoms with Gasteiger partial charge < -0.3 is 5.32 Å². The summed E-state index contributed by atoms with van der Waals surface area (Å²) in [5.41, 5.74) is 4.84. The predicted octanol–water partition coefficient (Wildman–Crippen LogP) is 5.69. The number of rotatable bonds is 8. The van der Waals surface area contributed by atoms with Crippen LogP contribution in [0.3, 0.4) is 0 Å². The van der Waals surface area contributed by atoms with Crippen LogP contribution in [0.1, 0.15) is 62.6 Å². The lowest BCUT2D eigenvalue weighted by Crippen LogP contribution is -2.40. The number of carbonyl (C=O) groups excluding carboxylic acids is 1. The highest BCUT2D eigenvalue weighted by Crippen LogP contribution is 2.28. The van der Waals surface area contributed by atoms with Gasteiger partial charge in [-0.25, -0.2) is 13.1 Å². The Labute approximate surface area is 221 Å². The Bertz CT molecular complexity index is 1380. The number of sulfonamides is 1. The minimum atomic E-state index is -3.90. The van der Waals surface area contributed by atoms with E-state index in [-0.39, 0.29) is 29.3 Å². The number of nitrogens with zero attached hydrogens (tertiary/aromatic N) is 3. The molecule has 3 rings (SSSR count). The summed E-state index contributed by atoms with van der Waals surface area (Å²) < 4.78 is 30.6. The Morgan fingerprint density at radius 3 is 2.16 bits per heavy atom. The molecule has 7 nitrogen and oxygen atoms in total. The molecule has 0 aliphatic carbocycles. The lowest BCUT2D eigenvalue weighted by molar-refractivity contribution is -0.116. The quantitative estimate of drug-likeness (QED) is 0.410. The fraction of sp³-hybridized carbons (Fsp3) is 0.448. The van der Waals surface area contributed by atoms with Crippen LogP contribution >= 0.6 is 0 Å². The maximum Gasteiger partial charge on any atom is 0.244 e. The minimum absolute atomic E-state index is 0.0407. The van der Waals surface area contributed by atoms with E-state index >= 15 is 0 Å². The van der Waals surface area contributed by atoms with Crippen molar-refractivity contribution in [3.63, 3.8) is 0 Å². The summed E-state index contributed by atoms with van der Waals surface area (Å²) >= 11 is 0. The standard InChI is InChI=1S/C29H40N4O3S/c1-19(2)17-32(37(35,36)28-22(5)13-21(4)14-23(28)6)18-27(34)30-26-16-25(29(7,8)9)31-33(26)24-12-10-11-20(3)15-24/h10-16,19H,17-18H2,1-9H3,(H,30,34). The van der Waals surface area contributed by atoms with Crippen LogP contribution in [0.4, 0.5) is 5.82 Å². The van der Waals surface area contributed by atoms with Crippen LogP contribution in [-0.4, -0.2) is 41.5 Å². The van der Waals surface area contributed by atoms with Crippen LogP contribution in [0.5, 0.6) is 0 Å². The molecular weight excluding hydrogens is 484 g/mol. The van der Waals surface area contributed by atoms with Crippen LogP contribution < -0.4 is 5.32 Å². The van der Waals surface area contributed by atoms with Crippen molar-refractivity contribution in [3.8, 4) is 5.69 Å². The molecular formula is C29H40N4O3S. The smallest absolute Gasteiger partial charge is 0.244 e. The third kappa shape index (κ3) is 6.67. The maximum absolute atomic E-state index is 13.8. The maximum atomic E-state index is 13.8. The fourth-order valence-electron chi connectivity index (χ4n) is 4.49. The number of carbonyl (C=O) groups is 1. The van der Waals surface area contributed by atoms with E-state index in [9.17, 15) is 13.2 Å². The molecule has 0 aliphatic heterocycles. The number of hydrogen-bond donors (Lipinski definition) is 1. The molecule has 0 aliphatic rings. The van der Waals surface area contributed by atoms with E-state index in [0.717, 1.165) is 22.5 Å². The second-order valence-corrected chi connectivity index (χ2v) is 13.3. The molecule has 1 amide bonds. The molecule has 37 heavy (non-hydrogen) atoms. The third-order valence-corrected chi connectivity index (χ3v) is 8.20. The van der Waals surface area contributed by atoms with Gasteiger partial charge in [0.1, 0.15) is 5.82 Å². The second kappa shape index (κ2) is 10.8. The van der Waals surface area contributed by atoms with Crippen LogP contribution in [0.15, 0.2) is 47.4 Å². The molecule has 1 heterocycles. The number of anilines is 1. The monoisotopic (exact) mass is 524 g/mol. The Hall–Kier alpha value is -2.97. The lowest BCUT2D eigenvalue weighted by Gasteiger charge is -2.25. The largest absolute Gasteiger partial charge is 0.309 e. The van der Waals surface area contributed by atoms with Crippen LogP contribution in [0.2, 0.25) is 0 Å². The minimum Gasteiger partial charge on any atom is -0.309 e. The topological polar surface area (TPSA) is 84.3 Å². The van der Waals surface area contributed by atoms with Crippen molar-refractivity contribution in [3.05, 3.63) is 70.4 Å². The number of hydrogen-bond acceptors (Lipinski definition) is 4. The summed E-state index contributed by atoms with van der Waals surface area (Å²) in [4.78, 5) is 13.6. The van der Waals surface area contributed by atoms with Crippen LogP contribution in [0, 0.1) is 33.6 Å². The van der Waals surface area contributed by atoms with E-state index in [2.05, 4.69) is 26.1 Å². The zero-order valence-corrected chi connectivity index (χ0v) is 24.3. The first-order valence-corrected chi connectivity index (χ1v) is 14.1. The number of aromatic nitrogens is 2. The van der Waals surface area contributed by atoms with Gasteiger partial charge in [0, 0.05) is 18.0 Å². The molecule has 1 N–H and O–H groups in total. The normalized spacial score (nSPS) is 12.4. The van der Waals surface area contributed by atoms with Gasteiger partial charge in [0.15, 0.2) is 0 Å². The van der Waals surface area contributed by atoms with Crippen molar-refractivity contribution in [1.82, 2.24) is 14.1 Å². The Morgan fingerprint density at radius 2 is 1.62 bits per heavy atom. The zero-order valence-electron chi connectivity index (χ0n) is 23.5. The summed E-state index contributed by atoms with van der Waals surface area (Å²) in [6.45, 7) is 17.5. The summed E-state index contributed by atoms with van der Waals surface area (Å²) in [6.07, 6.45) is 0. The molecule has 0 atom stereocenters. The summed E-state index contributed by atoms with van der Waals surface area (Å²) in [6, 6.07) is 13.4. The summed E-state index contributed by atoms with van der Waals surface area (Å²) in [7, 11) is -3.90. The van der Waals surface area contributed by atoms with E-state index in [1.165, 1.54) is 4.31 Å². The highest BCUT2D eigenvalue weighted by Gasteiger charge is 2.31. The van der Waals surface area contributed by atoms with E-state index in [1.54, 1.807) is 18.5 Å². The van der Waals surface area contributed by atoms with Gasteiger partial charge in [0.2, 0.25) is 15.9 Å². The third-order valence-electron chi connectivity index (χ3n) is 6.08. The van der Waals surface area contributed by atoms with Gasteiger partial charge >= 0.3 is 0 Å². The predicted molar refractivity (Wildman–Crippen MR) is 150 cm³/mol. The molecule has 3 aromatic rings. The van der Waals surface area contributed by atoms with Gasteiger partial charge in [-0.1, -0.05) is 64.4 Å². The molecule has 0 unspecified atom stereocenters. The van der Waals surface area contributed by atoms with E-state index < -0.39 is 15.9 Å². The molecule has 200 valence electrons. The van der Waals surface area contributed by atoms with E-state index in [1.807, 2.05) is 70.2 Å². The average Bonchev–Trinajstić information content (AvgIpc) is 3.16. The average molecular weight is 525 g/mol. The van der Waals surface area contributed by atoms with Crippen molar-refractivity contribution in [2.75, 3.05) is 18.4 Å². The number of aryl methyl sites for hydroxylation is 4. The number of amides is 1. The van der Waals surface area contributed by atoms with E-state index in [4.69, 9.17) is 5.10 Å². The first kappa shape index (κ1) is 28.6. The van der Waals surface area contributed by atoms with Crippen LogP contribution in [-0.2, 0) is 20.2 Å². The number of nitrogens with one attached hydrogen (secondary N) is 1. The number of benzene rings is 2. The molecule has 2 aromatic carbocycles. The molecule has 0 bridgehead atoms. The van der Waals surface area contributed by atoms with Crippen molar-refractivity contribution in [1.29, 1.82) is 0 Å². The highest BCUT2D eigenvalue weighted by molar-refractivity contribution is 7.89. The second-order valence-electron chi connectivity index (χ2n) is 11.4. The van der Waals surface area contributed by atoms with Gasteiger partial charge in [-0.05, 0) is 62.4 Å². The zero-order chi connectivity index (χ0) is 27.7. The van der Waals surface area contributed by atoms with Crippen molar-refractivity contribution in [2.45, 2.75) is 72.6 Å². The van der Waals surface area contributed by atoms with Gasteiger partial charge in [-0.3, -0.25) is 4.79 Å². The molecule has 0 radical (unpaired) electrons. The first-order chi connectivity index (χ1) is 17.1. The van der Waals surface area contributed by atoms with Gasteiger partial charge in [0.25, 0.3) is 0 Å². The molecule has 1 aromatic heterocycles. The Balaban J connectivity index is 1.98. The lowest BCUT2D eigenvalue weighted by atomic mass is 9.92. The first-order valence-electron chi connectivity index (χ1n) is 12.6. The molecule has 0 saturated carbocycles. The van der Waals surface area contributed by atoms with Gasteiger partial charge in [-0.2, -0.15) is 9.40 Å². The molecule has 0 saturated heterocycles. The van der Waals surface area contributed by atoms with Crippen LogP contribution in [0.25, 0.3) is 5.69 Å². The highest BCUT2D eigenvalue weighted by atomic mass is 32.2. The van der Waals surface area contributed by atoms with Gasteiger partial charge in [0.05, 0.1) is 22.8 Å². The molecule has 8 heteroatoms. The van der Waals surface area contributed by atoms with Crippen molar-refractivity contribution >= 4 is 21.7 Å². The Morgan fingerprint density at radius 1 is 1.00 bits per heavy atom. The molecule has 0 fully saturated rings. The van der Waals surface area contributed by atoms with Gasteiger partial charge in [-0.15, -0.1) is 0 Å². The van der Waals surface area contributed by atoms with Crippen molar-refractivity contribution in [2.24, 2.45) is 5.92 Å².